The van der Waals surface area contributed by atoms with Crippen molar-refractivity contribution in [1.82, 2.24) is 14.5 Å². The van der Waals surface area contributed by atoms with Crippen LogP contribution in [0.25, 0.3) is 0 Å². The van der Waals surface area contributed by atoms with Crippen LogP contribution in [0.3, 0.4) is 0 Å². The lowest BCUT2D eigenvalue weighted by atomic mass is 10.2. The van der Waals surface area contributed by atoms with Gasteiger partial charge in [-0.1, -0.05) is 6.07 Å². The van der Waals surface area contributed by atoms with E-state index in [0.717, 1.165) is 22.6 Å². The molecule has 9 heteroatoms. The van der Waals surface area contributed by atoms with Gasteiger partial charge in [0.05, 0.1) is 6.20 Å². The van der Waals surface area contributed by atoms with Gasteiger partial charge >= 0.3 is 0 Å². The number of hydrogen-bond donors (Lipinski definition) is 2. The maximum absolute atomic E-state index is 13.1. The number of nitrogens with one attached hydrogen (secondary N) is 1. The maximum atomic E-state index is 13.1. The van der Waals surface area contributed by atoms with E-state index in [0.29, 0.717) is 5.56 Å². The molecule has 0 spiro atoms. The highest BCUT2D eigenvalue weighted by molar-refractivity contribution is 7.89. The summed E-state index contributed by atoms with van der Waals surface area (Å²) in [5, 5.41) is 5.86. The Balaban J connectivity index is 2.25. The van der Waals surface area contributed by atoms with E-state index in [9.17, 15) is 17.2 Å². The second-order valence-corrected chi connectivity index (χ2v) is 6.17. The number of aromatic amines is 1. The minimum absolute atomic E-state index is 0.0814. The Kier molecular flexibility index (Phi) is 3.73. The molecule has 1 heterocycles. The minimum Gasteiger partial charge on any atom is -0.383 e. The van der Waals surface area contributed by atoms with Crippen LogP contribution in [0.15, 0.2) is 29.3 Å². The molecule has 0 aliphatic carbocycles. The molecular weight excluding hydrogens is 290 g/mol. The Morgan fingerprint density at radius 3 is 2.60 bits per heavy atom. The highest BCUT2D eigenvalue weighted by Gasteiger charge is 2.25. The molecule has 1 aromatic heterocycles. The first-order valence-electron chi connectivity index (χ1n) is 5.51. The summed E-state index contributed by atoms with van der Waals surface area (Å²) in [4.78, 5) is -0.164. The lowest BCUT2D eigenvalue weighted by molar-refractivity contribution is 0.462. The van der Waals surface area contributed by atoms with Crippen LogP contribution in [0.2, 0.25) is 0 Å². The molecule has 20 heavy (non-hydrogen) atoms. The second-order valence-electron chi connectivity index (χ2n) is 4.16. The Hall–Kier alpha value is -2.00. The zero-order valence-electron chi connectivity index (χ0n) is 10.5. The number of anilines is 1. The lowest BCUT2D eigenvalue weighted by Crippen LogP contribution is -2.27. The minimum atomic E-state index is -3.85. The van der Waals surface area contributed by atoms with E-state index in [4.69, 9.17) is 5.73 Å². The highest BCUT2D eigenvalue weighted by Crippen LogP contribution is 2.20. The normalized spacial score (nSPS) is 12.0. The quantitative estimate of drug-likeness (QED) is 0.884. The number of nitrogens with two attached hydrogens (primary N) is 1. The van der Waals surface area contributed by atoms with Crippen molar-refractivity contribution in [1.29, 1.82) is 0 Å². The Bertz CT molecular complexity index is 730. The van der Waals surface area contributed by atoms with Gasteiger partial charge < -0.3 is 5.73 Å². The summed E-state index contributed by atoms with van der Waals surface area (Å²) in [6.07, 6.45) is 1.09. The first-order chi connectivity index (χ1) is 9.32. The van der Waals surface area contributed by atoms with Crippen molar-refractivity contribution in [3.8, 4) is 0 Å². The van der Waals surface area contributed by atoms with E-state index in [1.54, 1.807) is 0 Å². The number of hydrogen-bond acceptors (Lipinski definition) is 4. The third-order valence-electron chi connectivity index (χ3n) is 2.71. The zero-order valence-corrected chi connectivity index (χ0v) is 11.3. The predicted molar refractivity (Wildman–Crippen MR) is 68.0 cm³/mol. The fourth-order valence-electron chi connectivity index (χ4n) is 1.64. The van der Waals surface area contributed by atoms with Gasteiger partial charge in [0.2, 0.25) is 10.0 Å². The molecule has 0 amide bonds. The van der Waals surface area contributed by atoms with Crippen LogP contribution in [0.5, 0.6) is 0 Å². The van der Waals surface area contributed by atoms with Crippen molar-refractivity contribution < 1.29 is 17.2 Å². The summed E-state index contributed by atoms with van der Waals surface area (Å²) in [5.41, 5.74) is 5.79. The predicted octanol–water partition coefficient (Wildman–Crippen LogP) is 1.09. The number of H-pyrrole nitrogens is 1. The van der Waals surface area contributed by atoms with Crippen molar-refractivity contribution >= 4 is 15.8 Å². The third kappa shape index (κ3) is 2.63. The molecule has 0 saturated carbocycles. The number of sulfonamides is 1. The van der Waals surface area contributed by atoms with Crippen LogP contribution in [-0.4, -0.2) is 30.0 Å². The molecule has 108 valence electrons. The molecule has 2 rings (SSSR count). The number of rotatable bonds is 4. The van der Waals surface area contributed by atoms with Crippen molar-refractivity contribution in [3.05, 3.63) is 41.6 Å². The van der Waals surface area contributed by atoms with Gasteiger partial charge in [-0.25, -0.2) is 17.2 Å². The fraction of sp³-hybridized carbons (Fsp3) is 0.182. The first-order valence-corrected chi connectivity index (χ1v) is 6.95. The van der Waals surface area contributed by atoms with E-state index >= 15 is 0 Å². The van der Waals surface area contributed by atoms with E-state index in [-0.39, 0.29) is 17.3 Å². The van der Waals surface area contributed by atoms with Gasteiger partial charge in [0.25, 0.3) is 0 Å². The van der Waals surface area contributed by atoms with Crippen molar-refractivity contribution in [2.24, 2.45) is 0 Å². The van der Waals surface area contributed by atoms with E-state index in [1.165, 1.54) is 13.1 Å². The average Bonchev–Trinajstić information content (AvgIpc) is 2.80. The number of nitrogens with zero attached hydrogens (tertiary/aromatic N) is 2. The monoisotopic (exact) mass is 302 g/mol. The number of aromatic nitrogens is 2. The number of halogens is 2. The molecule has 0 fully saturated rings. The first kappa shape index (κ1) is 14.4. The van der Waals surface area contributed by atoms with E-state index in [2.05, 4.69) is 10.2 Å². The Morgan fingerprint density at radius 2 is 2.05 bits per heavy atom. The van der Waals surface area contributed by atoms with Gasteiger partial charge in [-0.15, -0.1) is 0 Å². The van der Waals surface area contributed by atoms with Crippen LogP contribution in [-0.2, 0) is 16.6 Å². The third-order valence-corrected chi connectivity index (χ3v) is 4.54. The smallest absolute Gasteiger partial charge is 0.248 e. The van der Waals surface area contributed by atoms with E-state index < -0.39 is 21.7 Å². The molecule has 0 bridgehead atoms. The molecule has 0 saturated heterocycles. The van der Waals surface area contributed by atoms with Gasteiger partial charge in [-0.3, -0.25) is 5.10 Å². The molecule has 1 aromatic carbocycles. The average molecular weight is 302 g/mol. The Labute approximate surface area is 114 Å². The van der Waals surface area contributed by atoms with Gasteiger partial charge in [0, 0.05) is 13.6 Å². The van der Waals surface area contributed by atoms with Crippen LogP contribution >= 0.6 is 0 Å². The topological polar surface area (TPSA) is 92.1 Å². The summed E-state index contributed by atoms with van der Waals surface area (Å²) in [6.45, 7) is -0.121. The molecule has 3 N–H and O–H groups in total. The molecule has 6 nitrogen and oxygen atoms in total. The number of benzene rings is 1. The molecular formula is C11H12F2N4O2S. The Morgan fingerprint density at radius 1 is 1.35 bits per heavy atom. The molecule has 0 unspecified atom stereocenters. The van der Waals surface area contributed by atoms with Crippen LogP contribution < -0.4 is 5.73 Å². The lowest BCUT2D eigenvalue weighted by Gasteiger charge is -2.16. The zero-order chi connectivity index (χ0) is 14.9. The SMILES string of the molecule is CN(Cc1ccc(F)c(F)c1)S(=O)(=O)c1cn[nH]c1N. The molecule has 2 aromatic rings. The summed E-state index contributed by atoms with van der Waals surface area (Å²) < 4.78 is 51.2. The largest absolute Gasteiger partial charge is 0.383 e. The van der Waals surface area contributed by atoms with Crippen LogP contribution in [0, 0.1) is 11.6 Å². The number of nitrogen functional groups attached to an aromatic ring is 1. The summed E-state index contributed by atoms with van der Waals surface area (Å²) in [6, 6.07) is 3.20. The van der Waals surface area contributed by atoms with Gasteiger partial charge in [0.1, 0.15) is 10.7 Å². The van der Waals surface area contributed by atoms with Gasteiger partial charge in [-0.05, 0) is 17.7 Å². The molecule has 0 atom stereocenters. The van der Waals surface area contributed by atoms with Crippen molar-refractivity contribution in [2.45, 2.75) is 11.4 Å². The van der Waals surface area contributed by atoms with Crippen molar-refractivity contribution in [2.75, 3.05) is 12.8 Å². The van der Waals surface area contributed by atoms with Crippen LogP contribution in [0.4, 0.5) is 14.6 Å². The van der Waals surface area contributed by atoms with Gasteiger partial charge in [-0.2, -0.15) is 9.40 Å². The second kappa shape index (κ2) is 5.17. The maximum Gasteiger partial charge on any atom is 0.248 e. The fourth-order valence-corrected chi connectivity index (χ4v) is 2.80. The van der Waals surface area contributed by atoms with E-state index in [1.807, 2.05) is 0 Å². The molecule has 0 aliphatic heterocycles. The van der Waals surface area contributed by atoms with Crippen molar-refractivity contribution in [3.63, 3.8) is 0 Å². The molecule has 0 aliphatic rings. The molecule has 0 radical (unpaired) electrons. The highest BCUT2D eigenvalue weighted by atomic mass is 32.2. The van der Waals surface area contributed by atoms with Gasteiger partial charge in [0.15, 0.2) is 11.6 Å². The standard InChI is InChI=1S/C11H12F2N4O2S/c1-17(6-7-2-3-8(12)9(13)4-7)20(18,19)10-5-15-16-11(10)14/h2-5H,6H2,1H3,(H3,14,15,16). The summed E-state index contributed by atoms with van der Waals surface area (Å²) in [5.74, 6) is -2.10. The van der Waals surface area contributed by atoms with Crippen LogP contribution in [0.1, 0.15) is 5.56 Å². The summed E-state index contributed by atoms with van der Waals surface area (Å²) >= 11 is 0. The summed E-state index contributed by atoms with van der Waals surface area (Å²) in [7, 11) is -2.54.